The molecule has 106 valence electrons. The van der Waals surface area contributed by atoms with Gasteiger partial charge in [0.15, 0.2) is 6.61 Å². The summed E-state index contributed by atoms with van der Waals surface area (Å²) in [4.78, 5) is 11.6. The minimum absolute atomic E-state index is 0.0181. The van der Waals surface area contributed by atoms with Gasteiger partial charge in [-0.05, 0) is 44.0 Å². The fraction of sp³-hybridized carbons (Fsp3) is 0.500. The van der Waals surface area contributed by atoms with E-state index in [-0.39, 0.29) is 25.2 Å². The predicted molar refractivity (Wildman–Crippen MR) is 72.4 cm³/mol. The van der Waals surface area contributed by atoms with E-state index in [1.807, 2.05) is 6.92 Å². The summed E-state index contributed by atoms with van der Waals surface area (Å²) in [5.41, 5.74) is 0. The van der Waals surface area contributed by atoms with Crippen LogP contribution in [-0.4, -0.2) is 37.4 Å². The molecule has 2 N–H and O–H groups in total. The third-order valence-electron chi connectivity index (χ3n) is 2.63. The second-order valence-corrected chi connectivity index (χ2v) is 4.30. The summed E-state index contributed by atoms with van der Waals surface area (Å²) >= 11 is 0. The lowest BCUT2D eigenvalue weighted by atomic mass is 10.2. The van der Waals surface area contributed by atoms with E-state index in [0.29, 0.717) is 12.2 Å². The van der Waals surface area contributed by atoms with Gasteiger partial charge in [-0.2, -0.15) is 0 Å². The van der Waals surface area contributed by atoms with Crippen molar-refractivity contribution in [2.45, 2.75) is 25.8 Å². The number of rotatable bonds is 8. The van der Waals surface area contributed by atoms with E-state index < -0.39 is 0 Å². The summed E-state index contributed by atoms with van der Waals surface area (Å²) in [7, 11) is 1.59. The van der Waals surface area contributed by atoms with Crippen molar-refractivity contribution >= 4 is 5.91 Å². The quantitative estimate of drug-likeness (QED) is 0.746. The number of hydrogen-bond donors (Lipinski definition) is 2. The van der Waals surface area contributed by atoms with Crippen LogP contribution in [0.3, 0.4) is 0 Å². The van der Waals surface area contributed by atoms with Gasteiger partial charge >= 0.3 is 0 Å². The lowest BCUT2D eigenvalue weighted by Gasteiger charge is -2.13. The highest BCUT2D eigenvalue weighted by molar-refractivity contribution is 5.77. The fourth-order valence-corrected chi connectivity index (χ4v) is 1.61. The van der Waals surface area contributed by atoms with Gasteiger partial charge in [0, 0.05) is 12.6 Å². The Morgan fingerprint density at radius 3 is 2.53 bits per heavy atom. The van der Waals surface area contributed by atoms with Crippen LogP contribution in [0.5, 0.6) is 11.5 Å². The number of nitrogens with one attached hydrogen (secondary N) is 1. The minimum atomic E-state index is -0.166. The Balaban J connectivity index is 2.28. The van der Waals surface area contributed by atoms with E-state index in [9.17, 15) is 4.79 Å². The Morgan fingerprint density at radius 1 is 1.32 bits per heavy atom. The molecule has 1 unspecified atom stereocenters. The zero-order valence-corrected chi connectivity index (χ0v) is 11.4. The Morgan fingerprint density at radius 2 is 1.95 bits per heavy atom. The van der Waals surface area contributed by atoms with Gasteiger partial charge in [-0.3, -0.25) is 4.79 Å². The highest BCUT2D eigenvalue weighted by Gasteiger charge is 2.07. The number of methoxy groups -OCH3 is 1. The molecule has 0 heterocycles. The van der Waals surface area contributed by atoms with Gasteiger partial charge in [0.1, 0.15) is 11.5 Å². The first kappa shape index (κ1) is 15.3. The number of hydrogen-bond acceptors (Lipinski definition) is 4. The monoisotopic (exact) mass is 267 g/mol. The van der Waals surface area contributed by atoms with Gasteiger partial charge in [0.2, 0.25) is 0 Å². The molecule has 19 heavy (non-hydrogen) atoms. The van der Waals surface area contributed by atoms with Crippen molar-refractivity contribution < 1.29 is 19.4 Å². The summed E-state index contributed by atoms with van der Waals surface area (Å²) in [6.45, 7) is 2.03. The Labute approximate surface area is 113 Å². The topological polar surface area (TPSA) is 67.8 Å². The van der Waals surface area contributed by atoms with Crippen LogP contribution in [0.1, 0.15) is 19.8 Å². The van der Waals surface area contributed by atoms with Gasteiger partial charge < -0.3 is 19.9 Å². The molecule has 1 aromatic carbocycles. The van der Waals surface area contributed by atoms with Crippen LogP contribution >= 0.6 is 0 Å². The average molecular weight is 267 g/mol. The summed E-state index contributed by atoms with van der Waals surface area (Å²) in [6.07, 6.45) is 1.44. The number of aliphatic hydroxyl groups excluding tert-OH is 1. The second-order valence-electron chi connectivity index (χ2n) is 4.30. The maximum absolute atomic E-state index is 11.6. The summed E-state index contributed by atoms with van der Waals surface area (Å²) in [5, 5.41) is 11.5. The van der Waals surface area contributed by atoms with Crippen LogP contribution in [0.4, 0.5) is 0 Å². The Bertz CT molecular complexity index is 378. The van der Waals surface area contributed by atoms with Crippen LogP contribution in [0, 0.1) is 0 Å². The van der Waals surface area contributed by atoms with Crippen LogP contribution < -0.4 is 14.8 Å². The van der Waals surface area contributed by atoms with Crippen LogP contribution in [-0.2, 0) is 4.79 Å². The normalized spacial score (nSPS) is 11.7. The number of aliphatic hydroxyl groups is 1. The van der Waals surface area contributed by atoms with Crippen molar-refractivity contribution in [2.24, 2.45) is 0 Å². The Kier molecular flexibility index (Phi) is 6.74. The number of carbonyl (C=O) groups excluding carboxylic acids is 1. The molecule has 0 saturated carbocycles. The fourth-order valence-electron chi connectivity index (χ4n) is 1.61. The second kappa shape index (κ2) is 8.37. The van der Waals surface area contributed by atoms with Gasteiger partial charge in [-0.25, -0.2) is 0 Å². The minimum Gasteiger partial charge on any atom is -0.497 e. The van der Waals surface area contributed by atoms with Crippen molar-refractivity contribution in [2.75, 3.05) is 20.3 Å². The molecule has 0 aliphatic carbocycles. The molecule has 1 amide bonds. The first-order valence-corrected chi connectivity index (χ1v) is 6.32. The zero-order chi connectivity index (χ0) is 14.1. The van der Waals surface area contributed by atoms with E-state index in [1.54, 1.807) is 31.4 Å². The lowest BCUT2D eigenvalue weighted by molar-refractivity contribution is -0.123. The van der Waals surface area contributed by atoms with Crippen molar-refractivity contribution in [1.29, 1.82) is 0 Å². The maximum Gasteiger partial charge on any atom is 0.258 e. The van der Waals surface area contributed by atoms with Gasteiger partial charge in [0.25, 0.3) is 5.91 Å². The molecule has 0 bridgehead atoms. The molecule has 5 nitrogen and oxygen atoms in total. The van der Waals surface area contributed by atoms with Crippen molar-refractivity contribution in [1.82, 2.24) is 5.32 Å². The molecule has 0 fully saturated rings. The van der Waals surface area contributed by atoms with E-state index in [0.717, 1.165) is 12.2 Å². The number of benzene rings is 1. The van der Waals surface area contributed by atoms with Crippen molar-refractivity contribution in [3.63, 3.8) is 0 Å². The summed E-state index contributed by atoms with van der Waals surface area (Å²) < 4.78 is 10.4. The smallest absolute Gasteiger partial charge is 0.258 e. The van der Waals surface area contributed by atoms with Crippen LogP contribution in [0.15, 0.2) is 24.3 Å². The molecule has 0 radical (unpaired) electrons. The third-order valence-corrected chi connectivity index (χ3v) is 2.63. The predicted octanol–water partition coefficient (Wildman–Crippen LogP) is 1.35. The number of carbonyl (C=O) groups is 1. The zero-order valence-electron chi connectivity index (χ0n) is 11.4. The molecule has 0 aliphatic rings. The molecular formula is C14H21NO4. The molecule has 1 aromatic rings. The molecule has 1 rings (SSSR count). The van der Waals surface area contributed by atoms with E-state index in [2.05, 4.69) is 5.32 Å². The van der Waals surface area contributed by atoms with Crippen molar-refractivity contribution in [3.8, 4) is 11.5 Å². The molecular weight excluding hydrogens is 246 g/mol. The molecule has 5 heteroatoms. The Hall–Kier alpha value is -1.75. The van der Waals surface area contributed by atoms with E-state index >= 15 is 0 Å². The average Bonchev–Trinajstić information content (AvgIpc) is 2.43. The van der Waals surface area contributed by atoms with Crippen LogP contribution in [0.2, 0.25) is 0 Å². The van der Waals surface area contributed by atoms with Gasteiger partial charge in [-0.1, -0.05) is 0 Å². The molecule has 0 spiro atoms. The molecule has 1 atom stereocenters. The third kappa shape index (κ3) is 6.10. The first-order chi connectivity index (χ1) is 9.15. The SMILES string of the molecule is COc1ccc(OCC(=O)NC(C)CCCO)cc1. The maximum atomic E-state index is 11.6. The largest absolute Gasteiger partial charge is 0.497 e. The highest BCUT2D eigenvalue weighted by Crippen LogP contribution is 2.16. The number of ether oxygens (including phenoxy) is 2. The standard InChI is InChI=1S/C14H21NO4/c1-11(4-3-9-16)15-14(17)10-19-13-7-5-12(18-2)6-8-13/h5-8,11,16H,3-4,9-10H2,1-2H3,(H,15,17). The van der Waals surface area contributed by atoms with E-state index in [4.69, 9.17) is 14.6 Å². The van der Waals surface area contributed by atoms with Crippen molar-refractivity contribution in [3.05, 3.63) is 24.3 Å². The number of amides is 1. The van der Waals surface area contributed by atoms with E-state index in [1.165, 1.54) is 0 Å². The molecule has 0 aromatic heterocycles. The molecule has 0 aliphatic heterocycles. The van der Waals surface area contributed by atoms with Crippen LogP contribution in [0.25, 0.3) is 0 Å². The first-order valence-electron chi connectivity index (χ1n) is 6.32. The lowest BCUT2D eigenvalue weighted by Crippen LogP contribution is -2.36. The van der Waals surface area contributed by atoms with Gasteiger partial charge in [0.05, 0.1) is 7.11 Å². The molecule has 0 saturated heterocycles. The van der Waals surface area contributed by atoms with Gasteiger partial charge in [-0.15, -0.1) is 0 Å². The summed E-state index contributed by atoms with van der Waals surface area (Å²) in [6, 6.07) is 7.09. The highest BCUT2D eigenvalue weighted by atomic mass is 16.5. The summed E-state index contributed by atoms with van der Waals surface area (Å²) in [5.74, 6) is 1.20.